The van der Waals surface area contributed by atoms with E-state index in [1.165, 1.54) is 6.26 Å². The van der Waals surface area contributed by atoms with Gasteiger partial charge in [-0.25, -0.2) is 13.4 Å². The Morgan fingerprint density at radius 3 is 2.73 bits per heavy atom. The van der Waals surface area contributed by atoms with Gasteiger partial charge in [-0.05, 0) is 13.8 Å². The van der Waals surface area contributed by atoms with Crippen molar-refractivity contribution >= 4 is 9.84 Å². The average Bonchev–Trinajstić information content (AvgIpc) is 2.44. The van der Waals surface area contributed by atoms with Crippen LogP contribution < -0.4 is 5.32 Å². The highest BCUT2D eigenvalue weighted by atomic mass is 32.2. The Kier molecular flexibility index (Phi) is 3.87. The van der Waals surface area contributed by atoms with Gasteiger partial charge in [0.15, 0.2) is 0 Å². The van der Waals surface area contributed by atoms with Crippen LogP contribution in [0.25, 0.3) is 0 Å². The van der Waals surface area contributed by atoms with Crippen LogP contribution in [0.4, 0.5) is 0 Å². The Balaban J connectivity index is 2.41. The quantitative estimate of drug-likeness (QED) is 0.761. The molecule has 1 atom stereocenters. The van der Waals surface area contributed by atoms with E-state index in [2.05, 4.69) is 15.3 Å². The molecule has 0 amide bonds. The van der Waals surface area contributed by atoms with Gasteiger partial charge >= 0.3 is 0 Å². The van der Waals surface area contributed by atoms with Crippen molar-refractivity contribution in [2.75, 3.05) is 12.0 Å². The van der Waals surface area contributed by atoms with Crippen LogP contribution in [-0.2, 0) is 16.4 Å². The fourth-order valence-electron chi connectivity index (χ4n) is 1.35. The molecular formula is C9H17N3O2S. The van der Waals surface area contributed by atoms with Crippen molar-refractivity contribution in [1.82, 2.24) is 15.3 Å². The van der Waals surface area contributed by atoms with Gasteiger partial charge in [-0.15, -0.1) is 0 Å². The molecule has 0 saturated heterocycles. The van der Waals surface area contributed by atoms with Gasteiger partial charge in [0.05, 0.1) is 17.8 Å². The first-order valence-corrected chi connectivity index (χ1v) is 6.84. The zero-order chi connectivity index (χ0) is 11.5. The highest BCUT2D eigenvalue weighted by Crippen LogP contribution is 2.00. The smallest absolute Gasteiger partial charge is 0.148 e. The van der Waals surface area contributed by atoms with E-state index in [-0.39, 0.29) is 11.8 Å². The summed E-state index contributed by atoms with van der Waals surface area (Å²) in [6, 6.07) is -0.0592. The summed E-state index contributed by atoms with van der Waals surface area (Å²) in [5, 5.41) is 3.12. The molecule has 1 heterocycles. The zero-order valence-electron chi connectivity index (χ0n) is 9.24. The molecule has 0 aliphatic carbocycles. The summed E-state index contributed by atoms with van der Waals surface area (Å²) in [6.07, 6.45) is 2.87. The molecule has 0 radical (unpaired) electrons. The van der Waals surface area contributed by atoms with E-state index in [0.29, 0.717) is 6.54 Å². The Bertz CT molecular complexity index is 411. The Morgan fingerprint density at radius 2 is 2.27 bits per heavy atom. The van der Waals surface area contributed by atoms with Gasteiger partial charge in [0.2, 0.25) is 0 Å². The van der Waals surface area contributed by atoms with Crippen LogP contribution in [0.3, 0.4) is 0 Å². The maximum absolute atomic E-state index is 11.0. The highest BCUT2D eigenvalue weighted by molar-refractivity contribution is 7.90. The predicted molar refractivity (Wildman–Crippen MR) is 59.3 cm³/mol. The molecule has 15 heavy (non-hydrogen) atoms. The number of aryl methyl sites for hydroxylation is 1. The normalized spacial score (nSPS) is 14.1. The zero-order valence-corrected chi connectivity index (χ0v) is 10.1. The molecule has 1 rings (SSSR count). The van der Waals surface area contributed by atoms with Gasteiger partial charge in [0.1, 0.15) is 9.84 Å². The number of hydrogen-bond acceptors (Lipinski definition) is 4. The summed E-state index contributed by atoms with van der Waals surface area (Å²) in [4.78, 5) is 7.09. The summed E-state index contributed by atoms with van der Waals surface area (Å²) in [5.74, 6) is 0.149. The minimum Gasteiger partial charge on any atom is -0.348 e. The molecule has 0 aliphatic rings. The average molecular weight is 231 g/mol. The highest BCUT2D eigenvalue weighted by Gasteiger charge is 2.10. The second-order valence-electron chi connectivity index (χ2n) is 3.85. The van der Waals surface area contributed by atoms with E-state index in [1.807, 2.05) is 13.8 Å². The molecule has 5 nitrogen and oxygen atoms in total. The lowest BCUT2D eigenvalue weighted by Gasteiger charge is -2.11. The van der Waals surface area contributed by atoms with Crippen molar-refractivity contribution in [1.29, 1.82) is 0 Å². The number of imidazole rings is 1. The van der Waals surface area contributed by atoms with Gasteiger partial charge in [0, 0.05) is 24.5 Å². The fraction of sp³-hybridized carbons (Fsp3) is 0.667. The third-order valence-electron chi connectivity index (χ3n) is 2.11. The Labute approximate surface area is 90.2 Å². The predicted octanol–water partition coefficient (Wildman–Crippen LogP) is 0.241. The number of aromatic nitrogens is 2. The number of aromatic amines is 1. The lowest BCUT2D eigenvalue weighted by Crippen LogP contribution is -2.32. The van der Waals surface area contributed by atoms with E-state index in [4.69, 9.17) is 0 Å². The summed E-state index contributed by atoms with van der Waals surface area (Å²) in [7, 11) is -2.92. The van der Waals surface area contributed by atoms with Gasteiger partial charge in [-0.2, -0.15) is 0 Å². The molecule has 86 valence electrons. The molecular weight excluding hydrogens is 214 g/mol. The fourth-order valence-corrected chi connectivity index (χ4v) is 2.38. The molecule has 2 N–H and O–H groups in total. The SMILES string of the molecule is Cc1[nH]cnc1CNC(C)CS(C)(=O)=O. The number of nitrogens with one attached hydrogen (secondary N) is 2. The van der Waals surface area contributed by atoms with Crippen LogP contribution in [0.1, 0.15) is 18.3 Å². The maximum atomic E-state index is 11.0. The molecule has 0 aliphatic heterocycles. The van der Waals surface area contributed by atoms with Gasteiger partial charge in [-0.1, -0.05) is 0 Å². The van der Waals surface area contributed by atoms with E-state index in [9.17, 15) is 8.42 Å². The number of nitrogens with zero attached hydrogens (tertiary/aromatic N) is 1. The van der Waals surface area contributed by atoms with Crippen molar-refractivity contribution < 1.29 is 8.42 Å². The molecule has 0 spiro atoms. The molecule has 0 saturated carbocycles. The minimum absolute atomic E-state index is 0.0592. The molecule has 1 aromatic rings. The lowest BCUT2D eigenvalue weighted by atomic mass is 10.3. The molecule has 6 heteroatoms. The topological polar surface area (TPSA) is 74.8 Å². The first kappa shape index (κ1) is 12.2. The van der Waals surface area contributed by atoms with Crippen LogP contribution in [0, 0.1) is 6.92 Å². The van der Waals surface area contributed by atoms with Crippen LogP contribution in [0.5, 0.6) is 0 Å². The number of H-pyrrole nitrogens is 1. The largest absolute Gasteiger partial charge is 0.348 e. The van der Waals surface area contributed by atoms with Gasteiger partial charge in [0.25, 0.3) is 0 Å². The van der Waals surface area contributed by atoms with Crippen molar-refractivity contribution in [2.45, 2.75) is 26.4 Å². The molecule has 1 unspecified atom stereocenters. The van der Waals surface area contributed by atoms with Crippen LogP contribution in [0.2, 0.25) is 0 Å². The Morgan fingerprint density at radius 1 is 1.60 bits per heavy atom. The maximum Gasteiger partial charge on any atom is 0.148 e. The van der Waals surface area contributed by atoms with E-state index < -0.39 is 9.84 Å². The minimum atomic E-state index is -2.92. The van der Waals surface area contributed by atoms with Crippen molar-refractivity contribution in [2.24, 2.45) is 0 Å². The summed E-state index contributed by atoms with van der Waals surface area (Å²) < 4.78 is 22.0. The van der Waals surface area contributed by atoms with E-state index in [0.717, 1.165) is 11.4 Å². The molecule has 1 aromatic heterocycles. The standard InChI is InChI=1S/C9H17N3O2S/c1-7(5-15(3,13)14)10-4-9-8(2)11-6-12-9/h6-7,10H,4-5H2,1-3H3,(H,11,12). The number of rotatable bonds is 5. The second-order valence-corrected chi connectivity index (χ2v) is 6.03. The first-order chi connectivity index (χ1) is 6.88. The van der Waals surface area contributed by atoms with Crippen molar-refractivity contribution in [3.8, 4) is 0 Å². The number of hydrogen-bond donors (Lipinski definition) is 2. The lowest BCUT2D eigenvalue weighted by molar-refractivity contribution is 0.556. The van der Waals surface area contributed by atoms with Crippen LogP contribution >= 0.6 is 0 Å². The number of sulfone groups is 1. The third kappa shape index (κ3) is 4.44. The molecule has 0 bridgehead atoms. The Hall–Kier alpha value is -0.880. The van der Waals surface area contributed by atoms with E-state index >= 15 is 0 Å². The van der Waals surface area contributed by atoms with Crippen LogP contribution in [-0.4, -0.2) is 36.4 Å². The summed E-state index contributed by atoms with van der Waals surface area (Å²) in [5.41, 5.74) is 1.93. The molecule has 0 aromatic carbocycles. The van der Waals surface area contributed by atoms with E-state index in [1.54, 1.807) is 6.33 Å². The second kappa shape index (κ2) is 4.76. The monoisotopic (exact) mass is 231 g/mol. The van der Waals surface area contributed by atoms with Crippen molar-refractivity contribution in [3.63, 3.8) is 0 Å². The third-order valence-corrected chi connectivity index (χ3v) is 3.21. The summed E-state index contributed by atoms with van der Waals surface area (Å²) >= 11 is 0. The summed E-state index contributed by atoms with van der Waals surface area (Å²) in [6.45, 7) is 4.38. The van der Waals surface area contributed by atoms with Crippen LogP contribution in [0.15, 0.2) is 6.33 Å². The van der Waals surface area contributed by atoms with Gasteiger partial charge in [-0.3, -0.25) is 0 Å². The van der Waals surface area contributed by atoms with Crippen molar-refractivity contribution in [3.05, 3.63) is 17.7 Å². The molecule has 0 fully saturated rings. The van der Waals surface area contributed by atoms with Gasteiger partial charge < -0.3 is 10.3 Å². The first-order valence-electron chi connectivity index (χ1n) is 4.78.